The van der Waals surface area contributed by atoms with Gasteiger partial charge >= 0.3 is 0 Å². The highest BCUT2D eigenvalue weighted by Gasteiger charge is 2.12. The molecular weight excluding hydrogens is 265 g/mol. The zero-order valence-electron chi connectivity index (χ0n) is 13.0. The van der Waals surface area contributed by atoms with Crippen LogP contribution in [0.15, 0.2) is 36.4 Å². The summed E-state index contributed by atoms with van der Waals surface area (Å²) in [7, 11) is 1.61. The van der Waals surface area contributed by atoms with Crippen LogP contribution in [-0.2, 0) is 6.54 Å². The van der Waals surface area contributed by atoms with Gasteiger partial charge < -0.3 is 10.1 Å². The van der Waals surface area contributed by atoms with E-state index in [2.05, 4.69) is 37.4 Å². The molecule has 0 aliphatic rings. The van der Waals surface area contributed by atoms with Crippen LogP contribution in [0.25, 0.3) is 11.1 Å². The molecule has 0 aliphatic carbocycles. The summed E-state index contributed by atoms with van der Waals surface area (Å²) in [5.41, 5.74) is 4.09. The van der Waals surface area contributed by atoms with Crippen molar-refractivity contribution in [2.45, 2.75) is 33.4 Å². The standard InChI is InChI=1S/C18H22FNO/c1-12(2)20-11-14-6-5-13(3)9-16(14)17-10-15(19)7-8-18(17)21-4/h5-10,12,20H,11H2,1-4H3. The number of hydrogen-bond acceptors (Lipinski definition) is 2. The lowest BCUT2D eigenvalue weighted by molar-refractivity contribution is 0.415. The van der Waals surface area contributed by atoms with Crippen molar-refractivity contribution >= 4 is 0 Å². The quantitative estimate of drug-likeness (QED) is 0.885. The van der Waals surface area contributed by atoms with Gasteiger partial charge in [-0.2, -0.15) is 0 Å². The highest BCUT2D eigenvalue weighted by Crippen LogP contribution is 2.33. The van der Waals surface area contributed by atoms with Gasteiger partial charge in [0.25, 0.3) is 0 Å². The lowest BCUT2D eigenvalue weighted by Gasteiger charge is -2.16. The molecule has 1 N–H and O–H groups in total. The summed E-state index contributed by atoms with van der Waals surface area (Å²) in [5.74, 6) is 0.433. The van der Waals surface area contributed by atoms with Crippen LogP contribution in [0, 0.1) is 12.7 Å². The fourth-order valence-corrected chi connectivity index (χ4v) is 2.30. The van der Waals surface area contributed by atoms with Crippen LogP contribution in [0.4, 0.5) is 4.39 Å². The smallest absolute Gasteiger partial charge is 0.126 e. The number of nitrogens with one attached hydrogen (secondary N) is 1. The lowest BCUT2D eigenvalue weighted by atomic mass is 9.96. The van der Waals surface area contributed by atoms with E-state index in [-0.39, 0.29) is 5.82 Å². The molecule has 0 unspecified atom stereocenters. The zero-order valence-corrected chi connectivity index (χ0v) is 13.0. The Morgan fingerprint density at radius 1 is 1.10 bits per heavy atom. The molecule has 0 fully saturated rings. The fraction of sp³-hybridized carbons (Fsp3) is 0.333. The maximum Gasteiger partial charge on any atom is 0.126 e. The molecule has 112 valence electrons. The van der Waals surface area contributed by atoms with E-state index in [9.17, 15) is 4.39 Å². The minimum Gasteiger partial charge on any atom is -0.496 e. The maximum absolute atomic E-state index is 13.6. The molecule has 0 saturated heterocycles. The number of hydrogen-bond donors (Lipinski definition) is 1. The molecule has 0 heterocycles. The van der Waals surface area contributed by atoms with Crippen molar-refractivity contribution in [3.8, 4) is 16.9 Å². The molecular formula is C18H22FNO. The number of ether oxygens (including phenoxy) is 1. The minimum atomic E-state index is -0.255. The van der Waals surface area contributed by atoms with E-state index in [0.29, 0.717) is 11.8 Å². The molecule has 2 nitrogen and oxygen atoms in total. The Bertz CT molecular complexity index is 623. The average Bonchev–Trinajstić information content (AvgIpc) is 2.45. The molecule has 0 saturated carbocycles. The number of aryl methyl sites for hydroxylation is 1. The molecule has 2 aromatic carbocycles. The van der Waals surface area contributed by atoms with Gasteiger partial charge in [-0.3, -0.25) is 0 Å². The second-order valence-corrected chi connectivity index (χ2v) is 5.54. The molecule has 0 bridgehead atoms. The van der Waals surface area contributed by atoms with Crippen molar-refractivity contribution in [1.82, 2.24) is 5.32 Å². The molecule has 0 aliphatic heterocycles. The Kier molecular flexibility index (Phi) is 4.97. The molecule has 2 rings (SSSR count). The van der Waals surface area contributed by atoms with E-state index < -0.39 is 0 Å². The summed E-state index contributed by atoms with van der Waals surface area (Å²) in [6.07, 6.45) is 0. The third-order valence-corrected chi connectivity index (χ3v) is 3.42. The Labute approximate surface area is 126 Å². The molecule has 0 aromatic heterocycles. The molecule has 0 amide bonds. The predicted octanol–water partition coefficient (Wildman–Crippen LogP) is 4.31. The van der Waals surface area contributed by atoms with Crippen LogP contribution >= 0.6 is 0 Å². The van der Waals surface area contributed by atoms with Crippen LogP contribution in [0.3, 0.4) is 0 Å². The van der Waals surface area contributed by atoms with Crippen molar-refractivity contribution < 1.29 is 9.13 Å². The Morgan fingerprint density at radius 2 is 1.86 bits per heavy atom. The van der Waals surface area contributed by atoms with Gasteiger partial charge in [0.2, 0.25) is 0 Å². The van der Waals surface area contributed by atoms with Gasteiger partial charge in [-0.1, -0.05) is 37.6 Å². The first-order valence-corrected chi connectivity index (χ1v) is 7.18. The third kappa shape index (κ3) is 3.82. The Morgan fingerprint density at radius 3 is 2.52 bits per heavy atom. The van der Waals surface area contributed by atoms with Gasteiger partial charge in [0.15, 0.2) is 0 Å². The number of rotatable bonds is 5. The number of benzene rings is 2. The largest absolute Gasteiger partial charge is 0.496 e. The van der Waals surface area contributed by atoms with E-state index in [1.165, 1.54) is 12.1 Å². The monoisotopic (exact) mass is 287 g/mol. The molecule has 0 atom stereocenters. The Balaban J connectivity index is 2.51. The van der Waals surface area contributed by atoms with Crippen LogP contribution in [-0.4, -0.2) is 13.2 Å². The SMILES string of the molecule is COc1ccc(F)cc1-c1cc(C)ccc1CNC(C)C. The molecule has 0 spiro atoms. The van der Waals surface area contributed by atoms with E-state index in [0.717, 1.165) is 28.8 Å². The van der Waals surface area contributed by atoms with Crippen molar-refractivity contribution in [2.75, 3.05) is 7.11 Å². The first-order valence-electron chi connectivity index (χ1n) is 7.18. The molecule has 2 aromatic rings. The predicted molar refractivity (Wildman–Crippen MR) is 85.1 cm³/mol. The van der Waals surface area contributed by atoms with E-state index in [4.69, 9.17) is 4.74 Å². The number of halogens is 1. The van der Waals surface area contributed by atoms with Gasteiger partial charge in [0.05, 0.1) is 7.11 Å². The van der Waals surface area contributed by atoms with Crippen molar-refractivity contribution in [1.29, 1.82) is 0 Å². The highest BCUT2D eigenvalue weighted by atomic mass is 19.1. The van der Waals surface area contributed by atoms with Crippen molar-refractivity contribution in [3.63, 3.8) is 0 Å². The van der Waals surface area contributed by atoms with Gasteiger partial charge in [-0.15, -0.1) is 0 Å². The van der Waals surface area contributed by atoms with Crippen LogP contribution in [0.2, 0.25) is 0 Å². The van der Waals surface area contributed by atoms with E-state index in [1.807, 2.05) is 6.92 Å². The first-order chi connectivity index (χ1) is 10.0. The van der Waals surface area contributed by atoms with E-state index >= 15 is 0 Å². The highest BCUT2D eigenvalue weighted by molar-refractivity contribution is 5.74. The molecule has 21 heavy (non-hydrogen) atoms. The zero-order chi connectivity index (χ0) is 15.4. The third-order valence-electron chi connectivity index (χ3n) is 3.42. The van der Waals surface area contributed by atoms with Crippen molar-refractivity contribution in [2.24, 2.45) is 0 Å². The van der Waals surface area contributed by atoms with Gasteiger partial charge in [0, 0.05) is 18.2 Å². The summed E-state index contributed by atoms with van der Waals surface area (Å²) in [4.78, 5) is 0. The van der Waals surface area contributed by atoms with Gasteiger partial charge in [-0.05, 0) is 36.2 Å². The minimum absolute atomic E-state index is 0.255. The average molecular weight is 287 g/mol. The normalized spacial score (nSPS) is 11.0. The van der Waals surface area contributed by atoms with Gasteiger partial charge in [-0.25, -0.2) is 4.39 Å². The fourth-order valence-electron chi connectivity index (χ4n) is 2.30. The summed E-state index contributed by atoms with van der Waals surface area (Å²) < 4.78 is 19.0. The lowest BCUT2D eigenvalue weighted by Crippen LogP contribution is -2.22. The Hall–Kier alpha value is -1.87. The summed E-state index contributed by atoms with van der Waals surface area (Å²) in [6, 6.07) is 11.3. The first kappa shape index (κ1) is 15.5. The van der Waals surface area contributed by atoms with Crippen LogP contribution in [0.5, 0.6) is 5.75 Å². The second-order valence-electron chi connectivity index (χ2n) is 5.54. The second kappa shape index (κ2) is 6.72. The molecule has 0 radical (unpaired) electrons. The number of methoxy groups -OCH3 is 1. The topological polar surface area (TPSA) is 21.3 Å². The van der Waals surface area contributed by atoms with Crippen LogP contribution in [0.1, 0.15) is 25.0 Å². The summed E-state index contributed by atoms with van der Waals surface area (Å²) >= 11 is 0. The maximum atomic E-state index is 13.6. The van der Waals surface area contributed by atoms with Crippen LogP contribution < -0.4 is 10.1 Å². The summed E-state index contributed by atoms with van der Waals surface area (Å²) in [6.45, 7) is 7.00. The molecule has 3 heteroatoms. The summed E-state index contributed by atoms with van der Waals surface area (Å²) in [5, 5.41) is 3.41. The van der Waals surface area contributed by atoms with Crippen molar-refractivity contribution in [3.05, 3.63) is 53.3 Å². The van der Waals surface area contributed by atoms with Gasteiger partial charge in [0.1, 0.15) is 11.6 Å². The van der Waals surface area contributed by atoms with E-state index in [1.54, 1.807) is 13.2 Å².